The van der Waals surface area contributed by atoms with Crippen molar-refractivity contribution in [3.63, 3.8) is 0 Å². The molecule has 0 fully saturated rings. The van der Waals surface area contributed by atoms with E-state index in [4.69, 9.17) is 9.84 Å². The molecule has 0 unspecified atom stereocenters. The van der Waals surface area contributed by atoms with Gasteiger partial charge in [0.15, 0.2) is 0 Å². The van der Waals surface area contributed by atoms with Gasteiger partial charge in [0.25, 0.3) is 0 Å². The number of hydrogen-bond donors (Lipinski definition) is 1. The molecule has 0 amide bonds. The first-order valence-corrected chi connectivity index (χ1v) is 6.70. The van der Waals surface area contributed by atoms with Gasteiger partial charge in [0.1, 0.15) is 6.61 Å². The molecule has 0 aliphatic carbocycles. The summed E-state index contributed by atoms with van der Waals surface area (Å²) in [6.07, 6.45) is 1.55. The SMILES string of the molecule is O=C(OCc1ccccc1)c1ccc(CCCO)cc1. The maximum absolute atomic E-state index is 11.9. The Balaban J connectivity index is 1.89. The zero-order valence-corrected chi connectivity index (χ0v) is 11.3. The average Bonchev–Trinajstić information content (AvgIpc) is 2.52. The molecule has 20 heavy (non-hydrogen) atoms. The molecule has 0 aliphatic rings. The van der Waals surface area contributed by atoms with Crippen molar-refractivity contribution in [1.29, 1.82) is 0 Å². The summed E-state index contributed by atoms with van der Waals surface area (Å²) >= 11 is 0. The third-order valence-electron chi connectivity index (χ3n) is 3.03. The van der Waals surface area contributed by atoms with Crippen LogP contribution in [0.25, 0.3) is 0 Å². The van der Waals surface area contributed by atoms with Gasteiger partial charge < -0.3 is 9.84 Å². The van der Waals surface area contributed by atoms with Crippen molar-refractivity contribution in [1.82, 2.24) is 0 Å². The lowest BCUT2D eigenvalue weighted by molar-refractivity contribution is 0.0472. The Labute approximate surface area is 118 Å². The van der Waals surface area contributed by atoms with Gasteiger partial charge in [-0.15, -0.1) is 0 Å². The third kappa shape index (κ3) is 4.21. The predicted octanol–water partition coefficient (Wildman–Crippen LogP) is 2.97. The molecular weight excluding hydrogens is 252 g/mol. The van der Waals surface area contributed by atoms with Crippen LogP contribution >= 0.6 is 0 Å². The molecule has 2 aromatic carbocycles. The van der Waals surface area contributed by atoms with Crippen molar-refractivity contribution < 1.29 is 14.6 Å². The molecule has 2 aromatic rings. The van der Waals surface area contributed by atoms with Crippen LogP contribution in [0.3, 0.4) is 0 Å². The monoisotopic (exact) mass is 270 g/mol. The maximum Gasteiger partial charge on any atom is 0.338 e. The minimum absolute atomic E-state index is 0.181. The van der Waals surface area contributed by atoms with E-state index < -0.39 is 0 Å². The van der Waals surface area contributed by atoms with Gasteiger partial charge in [-0.3, -0.25) is 0 Å². The fourth-order valence-corrected chi connectivity index (χ4v) is 1.90. The van der Waals surface area contributed by atoms with Crippen LogP contribution in [0.1, 0.15) is 27.9 Å². The van der Waals surface area contributed by atoms with Gasteiger partial charge in [0.05, 0.1) is 5.56 Å². The van der Waals surface area contributed by atoms with Crippen molar-refractivity contribution >= 4 is 5.97 Å². The van der Waals surface area contributed by atoms with Crippen LogP contribution in [-0.4, -0.2) is 17.7 Å². The Hall–Kier alpha value is -2.13. The Bertz CT molecular complexity index is 532. The van der Waals surface area contributed by atoms with Crippen LogP contribution in [0.2, 0.25) is 0 Å². The lowest BCUT2D eigenvalue weighted by Crippen LogP contribution is -2.05. The minimum Gasteiger partial charge on any atom is -0.457 e. The van der Waals surface area contributed by atoms with Crippen LogP contribution in [0.15, 0.2) is 54.6 Å². The third-order valence-corrected chi connectivity index (χ3v) is 3.03. The number of hydrogen-bond acceptors (Lipinski definition) is 3. The van der Waals surface area contributed by atoms with E-state index in [2.05, 4.69) is 0 Å². The van der Waals surface area contributed by atoms with E-state index in [1.165, 1.54) is 0 Å². The van der Waals surface area contributed by atoms with Crippen molar-refractivity contribution in [2.24, 2.45) is 0 Å². The maximum atomic E-state index is 11.9. The second kappa shape index (κ2) is 7.46. The molecule has 3 nitrogen and oxygen atoms in total. The molecule has 2 rings (SSSR count). The highest BCUT2D eigenvalue weighted by Crippen LogP contribution is 2.09. The highest BCUT2D eigenvalue weighted by molar-refractivity contribution is 5.89. The predicted molar refractivity (Wildman–Crippen MR) is 77.4 cm³/mol. The van der Waals surface area contributed by atoms with Crippen LogP contribution in [0.4, 0.5) is 0 Å². The second-order valence-corrected chi connectivity index (χ2v) is 4.59. The summed E-state index contributed by atoms with van der Waals surface area (Å²) in [4.78, 5) is 11.9. The number of rotatable bonds is 6. The van der Waals surface area contributed by atoms with Crippen molar-refractivity contribution in [3.8, 4) is 0 Å². The van der Waals surface area contributed by atoms with Crippen molar-refractivity contribution in [2.75, 3.05) is 6.61 Å². The Morgan fingerprint density at radius 3 is 2.30 bits per heavy atom. The highest BCUT2D eigenvalue weighted by atomic mass is 16.5. The van der Waals surface area contributed by atoms with Gasteiger partial charge in [-0.05, 0) is 36.1 Å². The Morgan fingerprint density at radius 2 is 1.65 bits per heavy atom. The zero-order valence-electron chi connectivity index (χ0n) is 11.3. The molecule has 0 saturated carbocycles. The van der Waals surface area contributed by atoms with Crippen LogP contribution in [0, 0.1) is 0 Å². The molecule has 0 saturated heterocycles. The minimum atomic E-state index is -0.317. The molecule has 0 bridgehead atoms. The van der Waals surface area contributed by atoms with E-state index >= 15 is 0 Å². The van der Waals surface area contributed by atoms with Gasteiger partial charge in [-0.2, -0.15) is 0 Å². The Kier molecular flexibility index (Phi) is 5.33. The number of aliphatic hydroxyl groups is 1. The highest BCUT2D eigenvalue weighted by Gasteiger charge is 2.07. The van der Waals surface area contributed by atoms with Gasteiger partial charge in [0.2, 0.25) is 0 Å². The normalized spacial score (nSPS) is 10.2. The first-order chi connectivity index (χ1) is 9.79. The number of carbonyl (C=O) groups is 1. The fourth-order valence-electron chi connectivity index (χ4n) is 1.90. The summed E-state index contributed by atoms with van der Waals surface area (Å²) in [5, 5.41) is 8.77. The summed E-state index contributed by atoms with van der Waals surface area (Å²) < 4.78 is 5.26. The fraction of sp³-hybridized carbons (Fsp3) is 0.235. The van der Waals surface area contributed by atoms with Crippen molar-refractivity contribution in [2.45, 2.75) is 19.4 Å². The first-order valence-electron chi connectivity index (χ1n) is 6.70. The molecule has 0 radical (unpaired) electrons. The number of aliphatic hydroxyl groups excluding tert-OH is 1. The summed E-state index contributed by atoms with van der Waals surface area (Å²) in [7, 11) is 0. The molecule has 0 aliphatic heterocycles. The van der Waals surface area contributed by atoms with Gasteiger partial charge in [0, 0.05) is 6.61 Å². The van der Waals surface area contributed by atoms with Gasteiger partial charge in [-0.1, -0.05) is 42.5 Å². The average molecular weight is 270 g/mol. The lowest BCUT2D eigenvalue weighted by atomic mass is 10.1. The largest absolute Gasteiger partial charge is 0.457 e. The molecule has 3 heteroatoms. The lowest BCUT2D eigenvalue weighted by Gasteiger charge is -2.06. The standard InChI is InChI=1S/C17H18O3/c18-12-4-7-14-8-10-16(11-9-14)17(19)20-13-15-5-2-1-3-6-15/h1-3,5-6,8-11,18H,4,7,12-13H2. The van der Waals surface area contributed by atoms with Gasteiger partial charge in [-0.25, -0.2) is 4.79 Å². The topological polar surface area (TPSA) is 46.5 Å². The summed E-state index contributed by atoms with van der Waals surface area (Å²) in [6, 6.07) is 16.9. The quantitative estimate of drug-likeness (QED) is 0.821. The van der Waals surface area contributed by atoms with Crippen LogP contribution in [0.5, 0.6) is 0 Å². The zero-order chi connectivity index (χ0) is 14.2. The summed E-state index contributed by atoms with van der Waals surface area (Å²) in [6.45, 7) is 0.465. The smallest absolute Gasteiger partial charge is 0.338 e. The van der Waals surface area contributed by atoms with E-state index in [1.54, 1.807) is 12.1 Å². The van der Waals surface area contributed by atoms with E-state index in [0.29, 0.717) is 5.56 Å². The molecular formula is C17H18O3. The van der Waals surface area contributed by atoms with E-state index in [1.807, 2.05) is 42.5 Å². The number of benzene rings is 2. The molecule has 0 spiro atoms. The molecule has 0 aromatic heterocycles. The second-order valence-electron chi connectivity index (χ2n) is 4.59. The van der Waals surface area contributed by atoms with E-state index in [0.717, 1.165) is 24.0 Å². The number of ether oxygens (including phenoxy) is 1. The van der Waals surface area contributed by atoms with Crippen molar-refractivity contribution in [3.05, 3.63) is 71.3 Å². The summed E-state index contributed by atoms with van der Waals surface area (Å²) in [5.41, 5.74) is 2.63. The Morgan fingerprint density at radius 1 is 0.950 bits per heavy atom. The molecule has 0 atom stereocenters. The van der Waals surface area contributed by atoms with Crippen LogP contribution in [-0.2, 0) is 17.8 Å². The first kappa shape index (κ1) is 14.3. The van der Waals surface area contributed by atoms with Gasteiger partial charge >= 0.3 is 5.97 Å². The number of esters is 1. The molecule has 0 heterocycles. The number of carbonyl (C=O) groups excluding carboxylic acids is 1. The molecule has 1 N–H and O–H groups in total. The number of aryl methyl sites for hydroxylation is 1. The van der Waals surface area contributed by atoms with Crippen LogP contribution < -0.4 is 0 Å². The summed E-state index contributed by atoms with van der Waals surface area (Å²) in [5.74, 6) is -0.317. The van der Waals surface area contributed by atoms with E-state index in [9.17, 15) is 4.79 Å². The van der Waals surface area contributed by atoms with E-state index in [-0.39, 0.29) is 19.2 Å². The molecule has 104 valence electrons.